The molecule has 0 saturated carbocycles. The molecule has 0 aromatic heterocycles. The Balaban J connectivity index is 2.29. The molecule has 0 heterocycles. The largest absolute Gasteiger partial charge is 0.492 e. The first-order chi connectivity index (χ1) is 9.27. The molecule has 0 fully saturated rings. The molecule has 2 N–H and O–H groups in total. The molecule has 1 aromatic rings. The topological polar surface area (TPSA) is 41.5 Å². The van der Waals surface area contributed by atoms with Crippen LogP contribution in [0.2, 0.25) is 5.02 Å². The van der Waals surface area contributed by atoms with E-state index in [0.717, 1.165) is 50.1 Å². The van der Waals surface area contributed by atoms with Crippen molar-refractivity contribution >= 4 is 11.6 Å². The van der Waals surface area contributed by atoms with Crippen molar-refractivity contribution in [2.75, 3.05) is 19.8 Å². The molecule has 1 rings (SSSR count). The van der Waals surface area contributed by atoms with Crippen molar-refractivity contribution in [3.05, 3.63) is 28.8 Å². The summed E-state index contributed by atoms with van der Waals surface area (Å²) >= 11 is 6.17. The summed E-state index contributed by atoms with van der Waals surface area (Å²) in [6.45, 7) is 4.83. The molecule has 0 radical (unpaired) electrons. The van der Waals surface area contributed by atoms with E-state index in [4.69, 9.17) is 21.4 Å². The molecule has 108 valence electrons. The Bertz CT molecular complexity index is 358. The lowest BCUT2D eigenvalue weighted by molar-refractivity contribution is 0.283. The van der Waals surface area contributed by atoms with Gasteiger partial charge in [-0.25, -0.2) is 0 Å². The maximum absolute atomic E-state index is 8.67. The third kappa shape index (κ3) is 6.81. The van der Waals surface area contributed by atoms with Crippen molar-refractivity contribution in [3.63, 3.8) is 0 Å². The monoisotopic (exact) mass is 285 g/mol. The smallest absolute Gasteiger partial charge is 0.137 e. The van der Waals surface area contributed by atoms with Crippen LogP contribution in [0.15, 0.2) is 18.2 Å². The lowest BCUT2D eigenvalue weighted by atomic mass is 10.2. The molecule has 0 amide bonds. The van der Waals surface area contributed by atoms with Gasteiger partial charge in [0.1, 0.15) is 5.75 Å². The average Bonchev–Trinajstić information content (AvgIpc) is 2.42. The molecule has 3 nitrogen and oxygen atoms in total. The van der Waals surface area contributed by atoms with Crippen LogP contribution in [0.1, 0.15) is 38.2 Å². The maximum Gasteiger partial charge on any atom is 0.137 e. The second-order valence-corrected chi connectivity index (χ2v) is 4.98. The number of benzene rings is 1. The highest BCUT2D eigenvalue weighted by Gasteiger charge is 2.02. The number of rotatable bonds is 10. The van der Waals surface area contributed by atoms with E-state index >= 15 is 0 Å². The molecule has 1 aromatic carbocycles. The van der Waals surface area contributed by atoms with Crippen molar-refractivity contribution in [3.8, 4) is 5.75 Å². The van der Waals surface area contributed by atoms with Crippen LogP contribution in [-0.2, 0) is 6.54 Å². The zero-order valence-electron chi connectivity index (χ0n) is 11.6. The molecule has 0 unspecified atom stereocenters. The Kier molecular flexibility index (Phi) is 8.63. The van der Waals surface area contributed by atoms with E-state index in [0.29, 0.717) is 11.6 Å². The van der Waals surface area contributed by atoms with Gasteiger partial charge in [-0.15, -0.1) is 0 Å². The van der Waals surface area contributed by atoms with Gasteiger partial charge in [-0.2, -0.15) is 0 Å². The molecule has 0 aliphatic carbocycles. The van der Waals surface area contributed by atoms with Crippen LogP contribution >= 0.6 is 11.6 Å². The van der Waals surface area contributed by atoms with E-state index in [1.807, 2.05) is 18.2 Å². The average molecular weight is 286 g/mol. The van der Waals surface area contributed by atoms with Crippen LogP contribution in [0.4, 0.5) is 0 Å². The van der Waals surface area contributed by atoms with Gasteiger partial charge in [0.05, 0.1) is 11.6 Å². The van der Waals surface area contributed by atoms with Gasteiger partial charge in [0.25, 0.3) is 0 Å². The fraction of sp³-hybridized carbons (Fsp3) is 0.600. The number of nitrogens with one attached hydrogen (secondary N) is 1. The van der Waals surface area contributed by atoms with Gasteiger partial charge in [-0.1, -0.05) is 24.6 Å². The first-order valence-corrected chi connectivity index (χ1v) is 7.38. The molecule has 19 heavy (non-hydrogen) atoms. The van der Waals surface area contributed by atoms with Crippen molar-refractivity contribution in [2.45, 2.75) is 39.2 Å². The second-order valence-electron chi connectivity index (χ2n) is 4.57. The summed E-state index contributed by atoms with van der Waals surface area (Å²) in [6, 6.07) is 5.92. The van der Waals surface area contributed by atoms with E-state index in [1.165, 1.54) is 0 Å². The van der Waals surface area contributed by atoms with Crippen LogP contribution in [0, 0.1) is 0 Å². The Morgan fingerprint density at radius 3 is 2.79 bits per heavy atom. The van der Waals surface area contributed by atoms with Gasteiger partial charge >= 0.3 is 0 Å². The number of unbranched alkanes of at least 4 members (excludes halogenated alkanes) is 2. The highest BCUT2D eigenvalue weighted by atomic mass is 35.5. The Morgan fingerprint density at radius 1 is 1.26 bits per heavy atom. The molecule has 4 heteroatoms. The fourth-order valence-corrected chi connectivity index (χ4v) is 2.01. The van der Waals surface area contributed by atoms with Crippen LogP contribution < -0.4 is 10.1 Å². The summed E-state index contributed by atoms with van der Waals surface area (Å²) in [6.07, 6.45) is 4.02. The summed E-state index contributed by atoms with van der Waals surface area (Å²) < 4.78 is 5.53. The summed E-state index contributed by atoms with van der Waals surface area (Å²) in [5.74, 6) is 0.759. The van der Waals surface area contributed by atoms with Gasteiger partial charge in [-0.05, 0) is 49.9 Å². The van der Waals surface area contributed by atoms with Crippen LogP contribution in [-0.4, -0.2) is 24.9 Å². The van der Waals surface area contributed by atoms with Crippen LogP contribution in [0.3, 0.4) is 0 Å². The van der Waals surface area contributed by atoms with Gasteiger partial charge in [0.2, 0.25) is 0 Å². The third-order valence-corrected chi connectivity index (χ3v) is 3.09. The third-order valence-electron chi connectivity index (χ3n) is 2.80. The Labute approximate surface area is 120 Å². The van der Waals surface area contributed by atoms with Crippen molar-refractivity contribution in [2.24, 2.45) is 0 Å². The molecular weight excluding hydrogens is 262 g/mol. The molecule has 0 aliphatic heterocycles. The molecule has 0 aliphatic rings. The minimum atomic E-state index is 0.287. The van der Waals surface area contributed by atoms with Gasteiger partial charge in [0.15, 0.2) is 0 Å². The number of hydrogen-bond acceptors (Lipinski definition) is 3. The van der Waals surface area contributed by atoms with E-state index < -0.39 is 0 Å². The first kappa shape index (κ1) is 16.3. The zero-order chi connectivity index (χ0) is 13.9. The zero-order valence-corrected chi connectivity index (χ0v) is 12.4. The molecule has 0 atom stereocenters. The predicted molar refractivity (Wildman–Crippen MR) is 79.9 cm³/mol. The molecule has 0 spiro atoms. The lowest BCUT2D eigenvalue weighted by Gasteiger charge is -2.09. The minimum Gasteiger partial charge on any atom is -0.492 e. The van der Waals surface area contributed by atoms with Gasteiger partial charge in [0, 0.05) is 13.2 Å². The molecular formula is C15H24ClNO2. The summed E-state index contributed by atoms with van der Waals surface area (Å²) in [5.41, 5.74) is 1.16. The van der Waals surface area contributed by atoms with E-state index in [2.05, 4.69) is 12.2 Å². The number of hydrogen-bond donors (Lipinski definition) is 2. The second kappa shape index (κ2) is 10.1. The summed E-state index contributed by atoms with van der Waals surface area (Å²) in [4.78, 5) is 0. The fourth-order valence-electron chi connectivity index (χ4n) is 1.75. The Hall–Kier alpha value is -0.770. The summed E-state index contributed by atoms with van der Waals surface area (Å²) in [5, 5.41) is 12.7. The number of aliphatic hydroxyl groups is 1. The lowest BCUT2D eigenvalue weighted by Crippen LogP contribution is -2.14. The SMILES string of the molecule is CCCOc1ccc(CNCCCCCO)cc1Cl. The van der Waals surface area contributed by atoms with Crippen molar-refractivity contribution in [1.29, 1.82) is 0 Å². The number of halogens is 1. The Morgan fingerprint density at radius 2 is 2.11 bits per heavy atom. The van der Waals surface area contributed by atoms with Crippen LogP contribution in [0.5, 0.6) is 5.75 Å². The highest BCUT2D eigenvalue weighted by molar-refractivity contribution is 6.32. The predicted octanol–water partition coefficient (Wildman–Crippen LogP) is 3.38. The number of ether oxygens (including phenoxy) is 1. The van der Waals surface area contributed by atoms with E-state index in [1.54, 1.807) is 0 Å². The quantitative estimate of drug-likeness (QED) is 0.648. The minimum absolute atomic E-state index is 0.287. The summed E-state index contributed by atoms with van der Waals surface area (Å²) in [7, 11) is 0. The van der Waals surface area contributed by atoms with Gasteiger partial charge < -0.3 is 15.2 Å². The standard InChI is InChI=1S/C15H24ClNO2/c1-2-10-19-15-7-6-13(11-14(15)16)12-17-8-4-3-5-9-18/h6-7,11,17-18H,2-5,8-10,12H2,1H3. The number of aliphatic hydroxyl groups excluding tert-OH is 1. The van der Waals surface area contributed by atoms with Crippen LogP contribution in [0.25, 0.3) is 0 Å². The van der Waals surface area contributed by atoms with E-state index in [9.17, 15) is 0 Å². The first-order valence-electron chi connectivity index (χ1n) is 7.00. The normalized spacial score (nSPS) is 10.7. The molecule has 0 bridgehead atoms. The molecule has 0 saturated heterocycles. The van der Waals surface area contributed by atoms with Crippen molar-refractivity contribution in [1.82, 2.24) is 5.32 Å². The highest BCUT2D eigenvalue weighted by Crippen LogP contribution is 2.25. The van der Waals surface area contributed by atoms with E-state index in [-0.39, 0.29) is 6.61 Å². The maximum atomic E-state index is 8.67. The van der Waals surface area contributed by atoms with Gasteiger partial charge in [-0.3, -0.25) is 0 Å². The van der Waals surface area contributed by atoms with Crippen molar-refractivity contribution < 1.29 is 9.84 Å².